The van der Waals surface area contributed by atoms with Crippen molar-refractivity contribution in [1.29, 1.82) is 0 Å². The number of benzene rings is 2. The highest BCUT2D eigenvalue weighted by molar-refractivity contribution is 9.10. The highest BCUT2D eigenvalue weighted by atomic mass is 79.9. The normalized spacial score (nSPS) is 12.4. The van der Waals surface area contributed by atoms with Crippen LogP contribution in [0.25, 0.3) is 0 Å². The summed E-state index contributed by atoms with van der Waals surface area (Å²) in [4.78, 5) is 0. The summed E-state index contributed by atoms with van der Waals surface area (Å²) in [5.41, 5.74) is 6.41. The van der Waals surface area contributed by atoms with Gasteiger partial charge in [-0.2, -0.15) is 0 Å². The van der Waals surface area contributed by atoms with Gasteiger partial charge >= 0.3 is 0 Å². The molecule has 0 spiro atoms. The SMILES string of the molecule is Cc1ccccc1CCC(Cc1cc(F)cc(Br)c1)NN. The fraction of sp³-hybridized carbons (Fsp3) is 0.294. The van der Waals surface area contributed by atoms with Crippen LogP contribution in [0, 0.1) is 12.7 Å². The molecule has 1 unspecified atom stereocenters. The fourth-order valence-electron chi connectivity index (χ4n) is 2.48. The maximum Gasteiger partial charge on any atom is 0.124 e. The maximum absolute atomic E-state index is 13.4. The van der Waals surface area contributed by atoms with Crippen LogP contribution < -0.4 is 11.3 Å². The summed E-state index contributed by atoms with van der Waals surface area (Å²) >= 11 is 3.32. The van der Waals surface area contributed by atoms with Gasteiger partial charge in [-0.05, 0) is 61.1 Å². The van der Waals surface area contributed by atoms with Crippen molar-refractivity contribution < 1.29 is 4.39 Å². The molecule has 2 nitrogen and oxygen atoms in total. The molecule has 0 saturated heterocycles. The van der Waals surface area contributed by atoms with E-state index in [9.17, 15) is 4.39 Å². The van der Waals surface area contributed by atoms with E-state index in [0.717, 1.165) is 22.9 Å². The van der Waals surface area contributed by atoms with E-state index >= 15 is 0 Å². The van der Waals surface area contributed by atoms with Gasteiger partial charge in [0.2, 0.25) is 0 Å². The molecule has 1 atom stereocenters. The van der Waals surface area contributed by atoms with E-state index in [2.05, 4.69) is 46.5 Å². The van der Waals surface area contributed by atoms with Gasteiger partial charge in [-0.3, -0.25) is 11.3 Å². The number of halogens is 2. The largest absolute Gasteiger partial charge is 0.271 e. The third kappa shape index (κ3) is 4.92. The molecule has 3 N–H and O–H groups in total. The van der Waals surface area contributed by atoms with Crippen LogP contribution in [-0.2, 0) is 12.8 Å². The Morgan fingerprint density at radius 3 is 2.67 bits per heavy atom. The summed E-state index contributed by atoms with van der Waals surface area (Å²) in [6.07, 6.45) is 2.58. The zero-order chi connectivity index (χ0) is 15.2. The van der Waals surface area contributed by atoms with E-state index in [0.29, 0.717) is 6.42 Å². The summed E-state index contributed by atoms with van der Waals surface area (Å²) in [5, 5.41) is 0. The Kier molecular flexibility index (Phi) is 5.91. The van der Waals surface area contributed by atoms with Crippen molar-refractivity contribution in [2.45, 2.75) is 32.2 Å². The van der Waals surface area contributed by atoms with E-state index in [-0.39, 0.29) is 11.9 Å². The smallest absolute Gasteiger partial charge is 0.124 e. The monoisotopic (exact) mass is 350 g/mol. The highest BCUT2D eigenvalue weighted by Crippen LogP contribution is 2.18. The van der Waals surface area contributed by atoms with Crippen LogP contribution >= 0.6 is 15.9 Å². The second-order valence-corrected chi connectivity index (χ2v) is 6.23. The number of nitrogens with one attached hydrogen (secondary N) is 1. The maximum atomic E-state index is 13.4. The number of hydrogen-bond donors (Lipinski definition) is 2. The van der Waals surface area contributed by atoms with Gasteiger partial charge in [0.25, 0.3) is 0 Å². The third-order valence-corrected chi connectivity index (χ3v) is 4.12. The number of rotatable bonds is 6. The van der Waals surface area contributed by atoms with Gasteiger partial charge in [-0.25, -0.2) is 4.39 Å². The van der Waals surface area contributed by atoms with E-state index in [1.165, 1.54) is 17.2 Å². The van der Waals surface area contributed by atoms with Crippen molar-refractivity contribution >= 4 is 15.9 Å². The minimum atomic E-state index is -0.228. The summed E-state index contributed by atoms with van der Waals surface area (Å²) in [6.45, 7) is 2.11. The summed E-state index contributed by atoms with van der Waals surface area (Å²) in [6, 6.07) is 13.4. The Morgan fingerprint density at radius 2 is 2.00 bits per heavy atom. The molecular formula is C17H20BrFN2. The van der Waals surface area contributed by atoms with Gasteiger partial charge in [-0.15, -0.1) is 0 Å². The molecule has 0 saturated carbocycles. The van der Waals surface area contributed by atoms with Crippen LogP contribution in [0.4, 0.5) is 4.39 Å². The topological polar surface area (TPSA) is 38.0 Å². The van der Waals surface area contributed by atoms with E-state index in [1.54, 1.807) is 6.07 Å². The average Bonchev–Trinajstić information content (AvgIpc) is 2.44. The molecular weight excluding hydrogens is 331 g/mol. The minimum Gasteiger partial charge on any atom is -0.271 e. The first kappa shape index (κ1) is 16.1. The second-order valence-electron chi connectivity index (χ2n) is 5.31. The molecule has 0 fully saturated rings. The molecule has 0 aliphatic carbocycles. The van der Waals surface area contributed by atoms with E-state index in [1.807, 2.05) is 12.1 Å². The van der Waals surface area contributed by atoms with Crippen molar-refractivity contribution in [2.24, 2.45) is 5.84 Å². The molecule has 4 heteroatoms. The summed E-state index contributed by atoms with van der Waals surface area (Å²) in [7, 11) is 0. The molecule has 21 heavy (non-hydrogen) atoms. The molecule has 0 aliphatic heterocycles. The Bertz CT molecular complexity index is 581. The molecule has 0 bridgehead atoms. The lowest BCUT2D eigenvalue weighted by molar-refractivity contribution is 0.489. The number of hydrazine groups is 1. The lowest BCUT2D eigenvalue weighted by Crippen LogP contribution is -2.37. The predicted molar refractivity (Wildman–Crippen MR) is 88.4 cm³/mol. The number of hydrogen-bond acceptors (Lipinski definition) is 2. The first-order valence-electron chi connectivity index (χ1n) is 7.04. The number of nitrogens with two attached hydrogens (primary N) is 1. The van der Waals surface area contributed by atoms with Gasteiger partial charge in [0, 0.05) is 10.5 Å². The van der Waals surface area contributed by atoms with Crippen LogP contribution in [0.15, 0.2) is 46.9 Å². The van der Waals surface area contributed by atoms with Gasteiger partial charge in [0.15, 0.2) is 0 Å². The standard InChI is InChI=1S/C17H20BrFN2/c1-12-4-2-3-5-14(12)6-7-17(21-20)10-13-8-15(18)11-16(19)9-13/h2-5,8-9,11,17,21H,6-7,10,20H2,1H3. The van der Waals surface area contributed by atoms with Crippen molar-refractivity contribution in [3.63, 3.8) is 0 Å². The van der Waals surface area contributed by atoms with Crippen LogP contribution in [0.3, 0.4) is 0 Å². The van der Waals surface area contributed by atoms with Crippen molar-refractivity contribution in [3.8, 4) is 0 Å². The second kappa shape index (κ2) is 7.69. The molecule has 2 rings (SSSR count). The van der Waals surface area contributed by atoms with Crippen LogP contribution in [-0.4, -0.2) is 6.04 Å². The van der Waals surface area contributed by atoms with E-state index < -0.39 is 0 Å². The average molecular weight is 351 g/mol. The highest BCUT2D eigenvalue weighted by Gasteiger charge is 2.10. The summed E-state index contributed by atoms with van der Waals surface area (Å²) < 4.78 is 14.2. The van der Waals surface area contributed by atoms with Gasteiger partial charge in [-0.1, -0.05) is 40.2 Å². The minimum absolute atomic E-state index is 0.123. The van der Waals surface area contributed by atoms with Gasteiger partial charge in [0.1, 0.15) is 5.82 Å². The van der Waals surface area contributed by atoms with Crippen molar-refractivity contribution in [3.05, 3.63) is 69.4 Å². The fourth-order valence-corrected chi connectivity index (χ4v) is 2.99. The van der Waals surface area contributed by atoms with Gasteiger partial charge in [0.05, 0.1) is 0 Å². The first-order valence-corrected chi connectivity index (χ1v) is 7.83. The number of aryl methyl sites for hydroxylation is 2. The molecule has 2 aromatic carbocycles. The lowest BCUT2D eigenvalue weighted by atomic mass is 9.97. The van der Waals surface area contributed by atoms with Crippen LogP contribution in [0.5, 0.6) is 0 Å². The Morgan fingerprint density at radius 1 is 1.24 bits per heavy atom. The molecule has 112 valence electrons. The van der Waals surface area contributed by atoms with Gasteiger partial charge < -0.3 is 0 Å². The van der Waals surface area contributed by atoms with Crippen LogP contribution in [0.2, 0.25) is 0 Å². The predicted octanol–water partition coefficient (Wildman–Crippen LogP) is 3.90. The van der Waals surface area contributed by atoms with Crippen molar-refractivity contribution in [2.75, 3.05) is 0 Å². The lowest BCUT2D eigenvalue weighted by Gasteiger charge is -2.17. The Hall–Kier alpha value is -1.23. The Balaban J connectivity index is 1.98. The molecule has 2 aromatic rings. The molecule has 0 radical (unpaired) electrons. The summed E-state index contributed by atoms with van der Waals surface area (Å²) in [5.74, 6) is 5.42. The van der Waals surface area contributed by atoms with Crippen molar-refractivity contribution in [1.82, 2.24) is 5.43 Å². The molecule has 0 aliphatic rings. The first-order chi connectivity index (χ1) is 10.1. The van der Waals surface area contributed by atoms with Crippen LogP contribution in [0.1, 0.15) is 23.1 Å². The molecule has 0 heterocycles. The zero-order valence-electron chi connectivity index (χ0n) is 12.1. The molecule has 0 aromatic heterocycles. The van der Waals surface area contributed by atoms with E-state index in [4.69, 9.17) is 5.84 Å². The molecule has 0 amide bonds. The quantitative estimate of drug-likeness (QED) is 0.612. The Labute approximate surface area is 133 Å². The third-order valence-electron chi connectivity index (χ3n) is 3.66. The zero-order valence-corrected chi connectivity index (χ0v) is 13.7.